The Labute approximate surface area is 150 Å². The zero-order valence-electron chi connectivity index (χ0n) is 12.4. The Hall–Kier alpha value is -1.000. The Morgan fingerprint density at radius 3 is 2.22 bits per heavy atom. The molecule has 1 aliphatic rings. The van der Waals surface area contributed by atoms with Crippen molar-refractivity contribution in [3.8, 4) is 0 Å². The van der Waals surface area contributed by atoms with Crippen molar-refractivity contribution in [3.63, 3.8) is 0 Å². The summed E-state index contributed by atoms with van der Waals surface area (Å²) in [4.78, 5) is 4.60. The van der Waals surface area contributed by atoms with E-state index >= 15 is 0 Å². The van der Waals surface area contributed by atoms with Crippen molar-refractivity contribution < 1.29 is 4.39 Å². The van der Waals surface area contributed by atoms with Crippen molar-refractivity contribution in [1.29, 1.82) is 0 Å². The van der Waals surface area contributed by atoms with E-state index in [0.717, 1.165) is 44.0 Å². The van der Waals surface area contributed by atoms with Gasteiger partial charge in [0.1, 0.15) is 5.82 Å². The SMILES string of the molecule is Fc1ccc(CN2CCN(c3ccc(Cl)c(Cl)c3)CC2)c(Cl)c1. The Morgan fingerprint density at radius 2 is 1.57 bits per heavy atom. The Morgan fingerprint density at radius 1 is 0.826 bits per heavy atom. The van der Waals surface area contributed by atoms with Crippen molar-refractivity contribution in [2.75, 3.05) is 31.1 Å². The molecule has 1 saturated heterocycles. The molecule has 0 aliphatic carbocycles. The number of anilines is 1. The van der Waals surface area contributed by atoms with Crippen molar-refractivity contribution in [2.45, 2.75) is 6.54 Å². The normalized spacial score (nSPS) is 15.9. The second-order valence-corrected chi connectivity index (χ2v) is 6.82. The lowest BCUT2D eigenvalue weighted by Crippen LogP contribution is -2.46. The van der Waals surface area contributed by atoms with E-state index in [1.54, 1.807) is 6.07 Å². The lowest BCUT2D eigenvalue weighted by atomic mass is 10.2. The third-order valence-electron chi connectivity index (χ3n) is 4.05. The van der Waals surface area contributed by atoms with Gasteiger partial charge >= 0.3 is 0 Å². The van der Waals surface area contributed by atoms with E-state index < -0.39 is 0 Å². The van der Waals surface area contributed by atoms with Crippen LogP contribution in [-0.4, -0.2) is 31.1 Å². The first-order valence-electron chi connectivity index (χ1n) is 7.39. The Kier molecular flexibility index (Phi) is 5.32. The Bertz CT molecular complexity index is 700. The van der Waals surface area contributed by atoms with E-state index in [9.17, 15) is 4.39 Å². The summed E-state index contributed by atoms with van der Waals surface area (Å²) in [6, 6.07) is 10.3. The molecular weight excluding hydrogens is 358 g/mol. The van der Waals surface area contributed by atoms with Crippen molar-refractivity contribution >= 4 is 40.5 Å². The van der Waals surface area contributed by atoms with E-state index in [2.05, 4.69) is 9.80 Å². The maximum atomic E-state index is 13.1. The van der Waals surface area contributed by atoms with Gasteiger partial charge in [0.2, 0.25) is 0 Å². The molecule has 1 aliphatic heterocycles. The molecule has 0 spiro atoms. The standard InChI is InChI=1S/C17H16Cl3FN2/c18-15-4-3-14(10-17(15)20)23-7-5-22(6-8-23)11-12-1-2-13(21)9-16(12)19/h1-4,9-10H,5-8,11H2. The van der Waals surface area contributed by atoms with Gasteiger partial charge in [-0.05, 0) is 35.9 Å². The zero-order chi connectivity index (χ0) is 16.4. The number of nitrogens with zero attached hydrogens (tertiary/aromatic N) is 2. The second-order valence-electron chi connectivity index (χ2n) is 5.60. The molecule has 0 bridgehead atoms. The van der Waals surface area contributed by atoms with Crippen LogP contribution in [0.15, 0.2) is 36.4 Å². The Balaban J connectivity index is 1.60. The molecule has 122 valence electrons. The summed E-state index contributed by atoms with van der Waals surface area (Å²) in [7, 11) is 0. The van der Waals surface area contributed by atoms with Crippen LogP contribution in [0.5, 0.6) is 0 Å². The van der Waals surface area contributed by atoms with Gasteiger partial charge in [0, 0.05) is 43.4 Å². The van der Waals surface area contributed by atoms with Crippen LogP contribution in [0.3, 0.4) is 0 Å². The van der Waals surface area contributed by atoms with Crippen LogP contribution in [0, 0.1) is 5.82 Å². The van der Waals surface area contributed by atoms with Crippen molar-refractivity contribution in [3.05, 3.63) is 62.8 Å². The van der Waals surface area contributed by atoms with Gasteiger partial charge in [0.25, 0.3) is 0 Å². The van der Waals surface area contributed by atoms with E-state index in [1.807, 2.05) is 18.2 Å². The smallest absolute Gasteiger partial charge is 0.124 e. The summed E-state index contributed by atoms with van der Waals surface area (Å²) < 4.78 is 13.1. The predicted molar refractivity (Wildman–Crippen MR) is 95.4 cm³/mol. The fraction of sp³-hybridized carbons (Fsp3) is 0.294. The van der Waals surface area contributed by atoms with Crippen LogP contribution in [-0.2, 0) is 6.54 Å². The van der Waals surface area contributed by atoms with Crippen LogP contribution in [0.4, 0.5) is 10.1 Å². The molecule has 6 heteroatoms. The van der Waals surface area contributed by atoms with Crippen LogP contribution >= 0.6 is 34.8 Å². The first-order chi connectivity index (χ1) is 11.0. The van der Waals surface area contributed by atoms with Crippen LogP contribution < -0.4 is 4.90 Å². The molecule has 0 amide bonds. The van der Waals surface area contributed by atoms with E-state index in [1.165, 1.54) is 12.1 Å². The highest BCUT2D eigenvalue weighted by Crippen LogP contribution is 2.28. The van der Waals surface area contributed by atoms with Gasteiger partial charge in [-0.2, -0.15) is 0 Å². The summed E-state index contributed by atoms with van der Waals surface area (Å²) in [6.07, 6.45) is 0. The van der Waals surface area contributed by atoms with Crippen LogP contribution in [0.1, 0.15) is 5.56 Å². The lowest BCUT2D eigenvalue weighted by Gasteiger charge is -2.36. The molecule has 0 aromatic heterocycles. The van der Waals surface area contributed by atoms with Gasteiger partial charge in [-0.15, -0.1) is 0 Å². The lowest BCUT2D eigenvalue weighted by molar-refractivity contribution is 0.250. The fourth-order valence-corrected chi connectivity index (χ4v) is 3.26. The molecule has 3 rings (SSSR count). The van der Waals surface area contributed by atoms with E-state index in [0.29, 0.717) is 15.1 Å². The van der Waals surface area contributed by atoms with Crippen molar-refractivity contribution in [1.82, 2.24) is 4.90 Å². The van der Waals surface area contributed by atoms with Crippen molar-refractivity contribution in [2.24, 2.45) is 0 Å². The van der Waals surface area contributed by atoms with Crippen LogP contribution in [0.25, 0.3) is 0 Å². The third-order valence-corrected chi connectivity index (χ3v) is 5.14. The summed E-state index contributed by atoms with van der Waals surface area (Å²) in [5.74, 6) is -0.303. The molecule has 1 fully saturated rings. The summed E-state index contributed by atoms with van der Waals surface area (Å²) in [6.45, 7) is 4.35. The predicted octanol–water partition coefficient (Wildman–Crippen LogP) is 5.11. The largest absolute Gasteiger partial charge is 0.369 e. The minimum Gasteiger partial charge on any atom is -0.369 e. The molecule has 0 unspecified atom stereocenters. The fourth-order valence-electron chi connectivity index (χ4n) is 2.74. The molecule has 23 heavy (non-hydrogen) atoms. The number of benzene rings is 2. The molecule has 2 aromatic carbocycles. The number of hydrogen-bond donors (Lipinski definition) is 0. The van der Waals surface area contributed by atoms with Crippen LogP contribution in [0.2, 0.25) is 15.1 Å². The second kappa shape index (κ2) is 7.27. The zero-order valence-corrected chi connectivity index (χ0v) is 14.7. The molecule has 0 saturated carbocycles. The molecule has 0 radical (unpaired) electrons. The van der Waals surface area contributed by atoms with Gasteiger partial charge in [-0.25, -0.2) is 4.39 Å². The highest BCUT2D eigenvalue weighted by Gasteiger charge is 2.18. The minimum atomic E-state index is -0.303. The molecule has 2 aromatic rings. The molecule has 2 nitrogen and oxygen atoms in total. The average molecular weight is 374 g/mol. The monoisotopic (exact) mass is 372 g/mol. The summed E-state index contributed by atoms with van der Waals surface area (Å²) in [5.41, 5.74) is 2.04. The third kappa shape index (κ3) is 4.10. The first kappa shape index (κ1) is 16.8. The quantitative estimate of drug-likeness (QED) is 0.738. The van der Waals surface area contributed by atoms with Gasteiger partial charge in [0.05, 0.1) is 10.0 Å². The number of rotatable bonds is 3. The van der Waals surface area contributed by atoms with Gasteiger partial charge in [0.15, 0.2) is 0 Å². The number of hydrogen-bond acceptors (Lipinski definition) is 2. The highest BCUT2D eigenvalue weighted by molar-refractivity contribution is 6.42. The minimum absolute atomic E-state index is 0.303. The van der Waals surface area contributed by atoms with Gasteiger partial charge < -0.3 is 4.90 Å². The summed E-state index contributed by atoms with van der Waals surface area (Å²) in [5, 5.41) is 1.63. The molecule has 0 N–H and O–H groups in total. The maximum Gasteiger partial charge on any atom is 0.124 e. The van der Waals surface area contributed by atoms with Gasteiger partial charge in [-0.3, -0.25) is 4.90 Å². The summed E-state index contributed by atoms with van der Waals surface area (Å²) >= 11 is 18.1. The molecular formula is C17H16Cl3FN2. The van der Waals surface area contributed by atoms with Gasteiger partial charge in [-0.1, -0.05) is 40.9 Å². The highest BCUT2D eigenvalue weighted by atomic mass is 35.5. The first-order valence-corrected chi connectivity index (χ1v) is 8.52. The van der Waals surface area contributed by atoms with E-state index in [-0.39, 0.29) is 5.82 Å². The number of piperazine rings is 1. The molecule has 1 heterocycles. The molecule has 0 atom stereocenters. The average Bonchev–Trinajstić information content (AvgIpc) is 2.53. The number of halogens is 4. The maximum absolute atomic E-state index is 13.1. The van der Waals surface area contributed by atoms with E-state index in [4.69, 9.17) is 34.8 Å². The topological polar surface area (TPSA) is 6.48 Å².